The van der Waals surface area contributed by atoms with Crippen LogP contribution in [-0.4, -0.2) is 41.3 Å². The zero-order chi connectivity index (χ0) is 22.6. The van der Waals surface area contributed by atoms with Gasteiger partial charge in [0, 0.05) is 6.54 Å². The van der Waals surface area contributed by atoms with Crippen molar-refractivity contribution in [2.45, 2.75) is 45.2 Å². The third-order valence-corrected chi connectivity index (χ3v) is 5.64. The summed E-state index contributed by atoms with van der Waals surface area (Å²) in [5, 5.41) is 3.55. The maximum atomic E-state index is 13.1. The summed E-state index contributed by atoms with van der Waals surface area (Å²) in [5.41, 5.74) is 4.34. The van der Waals surface area contributed by atoms with Crippen molar-refractivity contribution in [2.24, 2.45) is 0 Å². The molecule has 1 aliphatic rings. The van der Waals surface area contributed by atoms with Crippen molar-refractivity contribution in [3.63, 3.8) is 0 Å². The number of imide groups is 1. The minimum Gasteiger partial charge on any atom is -0.318 e. The standard InChI is InChI=1S/C24H30N4O3/c1-5-24(20-9-7-6-8-10-20)22(30)28(23(31)25-24)26-21(29)16-27(4)15-18-11-13-19(14-12-18)17(2)3/h6-14,17H,5,15-16H2,1-4H3,(H,25,31)(H,26,29)/t24-/m1/s1. The van der Waals surface area contributed by atoms with Crippen LogP contribution >= 0.6 is 0 Å². The molecule has 1 aliphatic heterocycles. The van der Waals surface area contributed by atoms with E-state index >= 15 is 0 Å². The van der Waals surface area contributed by atoms with Crippen LogP contribution in [0.5, 0.6) is 0 Å². The van der Waals surface area contributed by atoms with Gasteiger partial charge in [0.25, 0.3) is 11.8 Å². The Morgan fingerprint density at radius 2 is 1.74 bits per heavy atom. The molecule has 0 spiro atoms. The molecule has 0 aromatic heterocycles. The molecule has 7 heteroatoms. The molecule has 2 aromatic rings. The Hall–Kier alpha value is -3.19. The van der Waals surface area contributed by atoms with Crippen molar-refractivity contribution in [1.29, 1.82) is 0 Å². The highest BCUT2D eigenvalue weighted by atomic mass is 16.2. The second-order valence-electron chi connectivity index (χ2n) is 8.30. The average Bonchev–Trinajstić information content (AvgIpc) is 2.99. The molecule has 1 heterocycles. The van der Waals surface area contributed by atoms with E-state index in [-0.39, 0.29) is 6.54 Å². The van der Waals surface area contributed by atoms with Crippen molar-refractivity contribution < 1.29 is 14.4 Å². The van der Waals surface area contributed by atoms with Crippen molar-refractivity contribution >= 4 is 17.8 Å². The molecule has 2 N–H and O–H groups in total. The predicted octanol–water partition coefficient (Wildman–Crippen LogP) is 3.13. The van der Waals surface area contributed by atoms with Gasteiger partial charge in [-0.25, -0.2) is 4.79 Å². The fourth-order valence-electron chi connectivity index (χ4n) is 3.82. The molecule has 164 valence electrons. The maximum absolute atomic E-state index is 13.1. The van der Waals surface area contributed by atoms with Gasteiger partial charge in [-0.2, -0.15) is 5.01 Å². The Morgan fingerprint density at radius 3 is 2.32 bits per heavy atom. The van der Waals surface area contributed by atoms with Gasteiger partial charge in [-0.3, -0.25) is 19.9 Å². The Bertz CT molecular complexity index is 943. The van der Waals surface area contributed by atoms with Crippen LogP contribution in [0.4, 0.5) is 4.79 Å². The summed E-state index contributed by atoms with van der Waals surface area (Å²) in [6, 6.07) is 16.7. The number of amides is 4. The second kappa shape index (κ2) is 9.31. The van der Waals surface area contributed by atoms with E-state index in [1.165, 1.54) is 5.56 Å². The van der Waals surface area contributed by atoms with E-state index in [4.69, 9.17) is 0 Å². The summed E-state index contributed by atoms with van der Waals surface area (Å²) >= 11 is 0. The van der Waals surface area contributed by atoms with E-state index in [2.05, 4.69) is 48.9 Å². The molecule has 7 nitrogen and oxygen atoms in total. The molecule has 1 saturated heterocycles. The Labute approximate surface area is 183 Å². The first-order valence-corrected chi connectivity index (χ1v) is 10.6. The van der Waals surface area contributed by atoms with E-state index in [1.807, 2.05) is 37.1 Å². The first kappa shape index (κ1) is 22.5. The largest absolute Gasteiger partial charge is 0.344 e. The summed E-state index contributed by atoms with van der Waals surface area (Å²) < 4.78 is 0. The molecule has 2 aromatic carbocycles. The lowest BCUT2D eigenvalue weighted by atomic mass is 9.87. The van der Waals surface area contributed by atoms with Gasteiger partial charge in [0.15, 0.2) is 0 Å². The fourth-order valence-corrected chi connectivity index (χ4v) is 3.82. The van der Waals surface area contributed by atoms with Crippen LogP contribution in [0.25, 0.3) is 0 Å². The van der Waals surface area contributed by atoms with Crippen LogP contribution in [0.2, 0.25) is 0 Å². The highest BCUT2D eigenvalue weighted by molar-refractivity contribution is 6.08. The number of nitrogens with one attached hydrogen (secondary N) is 2. The number of hydrazine groups is 1. The topological polar surface area (TPSA) is 81.8 Å². The zero-order valence-corrected chi connectivity index (χ0v) is 18.5. The molecule has 0 radical (unpaired) electrons. The summed E-state index contributed by atoms with van der Waals surface area (Å²) in [4.78, 5) is 40.0. The molecular weight excluding hydrogens is 392 g/mol. The average molecular weight is 423 g/mol. The summed E-state index contributed by atoms with van der Waals surface area (Å²) in [6.07, 6.45) is 0.375. The maximum Gasteiger partial charge on any atom is 0.344 e. The van der Waals surface area contributed by atoms with Crippen LogP contribution < -0.4 is 10.7 Å². The molecule has 31 heavy (non-hydrogen) atoms. The first-order valence-electron chi connectivity index (χ1n) is 10.6. The van der Waals surface area contributed by atoms with Gasteiger partial charge in [-0.1, -0.05) is 75.4 Å². The highest BCUT2D eigenvalue weighted by Gasteiger charge is 2.52. The van der Waals surface area contributed by atoms with E-state index in [0.29, 0.717) is 24.4 Å². The normalized spacial score (nSPS) is 18.6. The molecular formula is C24H30N4O3. The Balaban J connectivity index is 1.62. The molecule has 3 rings (SSSR count). The molecule has 0 bridgehead atoms. The molecule has 0 saturated carbocycles. The van der Waals surface area contributed by atoms with Crippen molar-refractivity contribution in [2.75, 3.05) is 13.6 Å². The number of carbonyl (C=O) groups is 3. The summed E-state index contributed by atoms with van der Waals surface area (Å²) in [6.45, 7) is 6.75. The van der Waals surface area contributed by atoms with E-state index < -0.39 is 23.4 Å². The minimum absolute atomic E-state index is 0.0491. The van der Waals surface area contributed by atoms with Gasteiger partial charge >= 0.3 is 6.03 Å². The smallest absolute Gasteiger partial charge is 0.318 e. The van der Waals surface area contributed by atoms with Gasteiger partial charge in [0.1, 0.15) is 5.54 Å². The number of urea groups is 1. The van der Waals surface area contributed by atoms with E-state index in [9.17, 15) is 14.4 Å². The fraction of sp³-hybridized carbons (Fsp3) is 0.375. The van der Waals surface area contributed by atoms with Gasteiger partial charge in [0.05, 0.1) is 6.54 Å². The highest BCUT2D eigenvalue weighted by Crippen LogP contribution is 2.31. The second-order valence-corrected chi connectivity index (χ2v) is 8.30. The van der Waals surface area contributed by atoms with Crippen LogP contribution in [0.3, 0.4) is 0 Å². The molecule has 0 aliphatic carbocycles. The van der Waals surface area contributed by atoms with Crippen molar-refractivity contribution in [1.82, 2.24) is 20.7 Å². The number of likely N-dealkylation sites (N-methyl/N-ethyl adjacent to an activating group) is 1. The third kappa shape index (κ3) is 4.77. The zero-order valence-electron chi connectivity index (χ0n) is 18.5. The minimum atomic E-state index is -1.17. The van der Waals surface area contributed by atoms with E-state index in [0.717, 1.165) is 10.6 Å². The van der Waals surface area contributed by atoms with Crippen LogP contribution in [-0.2, 0) is 21.7 Å². The van der Waals surface area contributed by atoms with Gasteiger partial charge in [0.2, 0.25) is 0 Å². The monoisotopic (exact) mass is 422 g/mol. The molecule has 4 amide bonds. The quantitative estimate of drug-likeness (QED) is 0.641. The van der Waals surface area contributed by atoms with Crippen molar-refractivity contribution in [3.05, 3.63) is 71.3 Å². The van der Waals surface area contributed by atoms with E-state index in [1.54, 1.807) is 12.1 Å². The number of hydrogen-bond acceptors (Lipinski definition) is 4. The number of benzene rings is 2. The first-order chi connectivity index (χ1) is 14.8. The number of nitrogens with zero attached hydrogens (tertiary/aromatic N) is 2. The van der Waals surface area contributed by atoms with Gasteiger partial charge in [-0.05, 0) is 36.1 Å². The Kier molecular flexibility index (Phi) is 6.75. The van der Waals surface area contributed by atoms with Crippen LogP contribution in [0.1, 0.15) is 49.8 Å². The lowest BCUT2D eigenvalue weighted by molar-refractivity contribution is -0.139. The number of rotatable bonds is 8. The molecule has 0 unspecified atom stereocenters. The number of carbonyl (C=O) groups excluding carboxylic acids is 3. The number of hydrogen-bond donors (Lipinski definition) is 2. The van der Waals surface area contributed by atoms with Crippen molar-refractivity contribution in [3.8, 4) is 0 Å². The lowest BCUT2D eigenvalue weighted by Crippen LogP contribution is -2.50. The predicted molar refractivity (Wildman–Crippen MR) is 119 cm³/mol. The lowest BCUT2D eigenvalue weighted by Gasteiger charge is -2.25. The third-order valence-electron chi connectivity index (χ3n) is 5.64. The van der Waals surface area contributed by atoms with Crippen LogP contribution in [0, 0.1) is 0 Å². The summed E-state index contributed by atoms with van der Waals surface area (Å²) in [7, 11) is 1.82. The summed E-state index contributed by atoms with van der Waals surface area (Å²) in [5.74, 6) is -0.441. The molecule has 1 atom stereocenters. The molecule has 1 fully saturated rings. The van der Waals surface area contributed by atoms with Gasteiger partial charge in [-0.15, -0.1) is 0 Å². The SMILES string of the molecule is CC[C@]1(c2ccccc2)NC(=O)N(NC(=O)CN(C)Cc2ccc(C(C)C)cc2)C1=O. The van der Waals surface area contributed by atoms with Gasteiger partial charge < -0.3 is 5.32 Å². The van der Waals surface area contributed by atoms with Crippen LogP contribution in [0.15, 0.2) is 54.6 Å². The Morgan fingerprint density at radius 1 is 1.10 bits per heavy atom.